The van der Waals surface area contributed by atoms with E-state index in [0.29, 0.717) is 10.8 Å². The van der Waals surface area contributed by atoms with E-state index in [0.717, 1.165) is 30.6 Å². The molecule has 6 heteroatoms. The van der Waals surface area contributed by atoms with Crippen LogP contribution in [0.1, 0.15) is 25.3 Å². The zero-order chi connectivity index (χ0) is 15.9. The summed E-state index contributed by atoms with van der Waals surface area (Å²) in [5.41, 5.74) is 1.12. The average Bonchev–Trinajstić information content (AvgIpc) is 2.50. The second kappa shape index (κ2) is 9.03. The fourth-order valence-electron chi connectivity index (χ4n) is 2.13. The maximum atomic E-state index is 12.6. The summed E-state index contributed by atoms with van der Waals surface area (Å²) in [4.78, 5) is 0.360. The van der Waals surface area contributed by atoms with Crippen molar-refractivity contribution in [1.82, 2.24) is 4.31 Å². The summed E-state index contributed by atoms with van der Waals surface area (Å²) in [7, 11) is -1.75. The van der Waals surface area contributed by atoms with Gasteiger partial charge in [0.15, 0.2) is 0 Å². The molecular weight excluding hydrogens is 326 g/mol. The van der Waals surface area contributed by atoms with E-state index in [1.165, 1.54) is 4.31 Å². The van der Waals surface area contributed by atoms with Gasteiger partial charge in [-0.2, -0.15) is 16.1 Å². The van der Waals surface area contributed by atoms with E-state index in [9.17, 15) is 8.42 Å². The van der Waals surface area contributed by atoms with Crippen molar-refractivity contribution < 1.29 is 8.42 Å². The Morgan fingerprint density at radius 3 is 2.38 bits per heavy atom. The van der Waals surface area contributed by atoms with Gasteiger partial charge in [-0.15, -0.1) is 11.6 Å². The molecule has 0 bridgehead atoms. The Morgan fingerprint density at radius 1 is 1.29 bits per heavy atom. The molecule has 0 fully saturated rings. The van der Waals surface area contributed by atoms with Gasteiger partial charge in [0.1, 0.15) is 0 Å². The minimum Gasteiger partial charge on any atom is -0.207 e. The quantitative estimate of drug-likeness (QED) is 0.639. The average molecular weight is 350 g/mol. The number of alkyl halides is 1. The molecule has 1 atom stereocenters. The zero-order valence-corrected chi connectivity index (χ0v) is 15.3. The van der Waals surface area contributed by atoms with Crippen LogP contribution in [0, 0.1) is 0 Å². The number of rotatable bonds is 9. The first-order chi connectivity index (χ1) is 9.97. The van der Waals surface area contributed by atoms with Gasteiger partial charge in [0.2, 0.25) is 10.0 Å². The highest BCUT2D eigenvalue weighted by atomic mass is 35.5. The van der Waals surface area contributed by atoms with Crippen LogP contribution in [0.3, 0.4) is 0 Å². The summed E-state index contributed by atoms with van der Waals surface area (Å²) in [6, 6.07) is 7.18. The third-order valence-electron chi connectivity index (χ3n) is 3.54. The van der Waals surface area contributed by atoms with Gasteiger partial charge < -0.3 is 0 Å². The van der Waals surface area contributed by atoms with Gasteiger partial charge in [0.05, 0.1) is 4.90 Å². The molecule has 0 amide bonds. The minimum absolute atomic E-state index is 0.0286. The lowest BCUT2D eigenvalue weighted by molar-refractivity contribution is 0.385. The monoisotopic (exact) mass is 349 g/mol. The molecule has 0 heterocycles. The maximum Gasteiger partial charge on any atom is 0.243 e. The van der Waals surface area contributed by atoms with Crippen LogP contribution < -0.4 is 0 Å². The van der Waals surface area contributed by atoms with Crippen LogP contribution in [-0.4, -0.2) is 43.7 Å². The molecule has 3 nitrogen and oxygen atoms in total. The smallest absolute Gasteiger partial charge is 0.207 e. The standard InChI is InChI=1S/C15H24ClNO2S2/c1-4-14(12-20-3)17(2)21(18,19)15-9-7-13(8-10-15)6-5-11-16/h7-10,14H,4-6,11-12H2,1-3H3. The normalized spacial score (nSPS) is 13.6. The SMILES string of the molecule is CCC(CSC)N(C)S(=O)(=O)c1ccc(CCCCl)cc1. The third kappa shape index (κ3) is 5.16. The molecule has 0 N–H and O–H groups in total. The predicted molar refractivity (Wildman–Crippen MR) is 92.9 cm³/mol. The first kappa shape index (κ1) is 18.8. The molecule has 0 saturated carbocycles. The number of aryl methyl sites for hydroxylation is 1. The van der Waals surface area contributed by atoms with Crippen LogP contribution in [0.2, 0.25) is 0 Å². The Bertz CT molecular complexity index is 517. The van der Waals surface area contributed by atoms with Crippen LogP contribution >= 0.6 is 23.4 Å². The van der Waals surface area contributed by atoms with E-state index in [2.05, 4.69) is 0 Å². The Balaban J connectivity index is 2.91. The Kier molecular flexibility index (Phi) is 8.09. The van der Waals surface area contributed by atoms with Gasteiger partial charge in [-0.3, -0.25) is 0 Å². The Morgan fingerprint density at radius 2 is 1.90 bits per heavy atom. The number of halogens is 1. The number of thioether (sulfide) groups is 1. The zero-order valence-electron chi connectivity index (χ0n) is 12.9. The maximum absolute atomic E-state index is 12.6. The molecule has 0 aliphatic heterocycles. The van der Waals surface area contributed by atoms with Gasteiger partial charge in [-0.05, 0) is 43.2 Å². The summed E-state index contributed by atoms with van der Waals surface area (Å²) in [6.45, 7) is 2.02. The highest BCUT2D eigenvalue weighted by Crippen LogP contribution is 2.20. The summed E-state index contributed by atoms with van der Waals surface area (Å²) in [6.07, 6.45) is 4.59. The molecule has 0 radical (unpaired) electrons. The Hall–Kier alpha value is -0.230. The van der Waals surface area contributed by atoms with Crippen LogP contribution in [0.4, 0.5) is 0 Å². The number of hydrogen-bond acceptors (Lipinski definition) is 3. The molecular formula is C15H24ClNO2S2. The van der Waals surface area contributed by atoms with E-state index in [1.807, 2.05) is 25.3 Å². The molecule has 0 aliphatic carbocycles. The molecule has 120 valence electrons. The Labute approximate surface area is 138 Å². The topological polar surface area (TPSA) is 37.4 Å². The lowest BCUT2D eigenvalue weighted by Gasteiger charge is -2.26. The van der Waals surface area contributed by atoms with Crippen molar-refractivity contribution >= 4 is 33.4 Å². The van der Waals surface area contributed by atoms with Crippen molar-refractivity contribution in [2.24, 2.45) is 0 Å². The highest BCUT2D eigenvalue weighted by molar-refractivity contribution is 7.98. The van der Waals surface area contributed by atoms with E-state index in [4.69, 9.17) is 11.6 Å². The van der Waals surface area contributed by atoms with Gasteiger partial charge in [0, 0.05) is 24.7 Å². The lowest BCUT2D eigenvalue weighted by atomic mass is 10.1. The number of hydrogen-bond donors (Lipinski definition) is 0. The van der Waals surface area contributed by atoms with Crippen LogP contribution in [0.5, 0.6) is 0 Å². The molecule has 0 saturated heterocycles. The van der Waals surface area contributed by atoms with E-state index in [1.54, 1.807) is 30.9 Å². The first-order valence-electron chi connectivity index (χ1n) is 7.09. The summed E-state index contributed by atoms with van der Waals surface area (Å²) in [5, 5.41) is 0. The van der Waals surface area contributed by atoms with Crippen molar-refractivity contribution in [3.63, 3.8) is 0 Å². The van der Waals surface area contributed by atoms with E-state index in [-0.39, 0.29) is 6.04 Å². The summed E-state index contributed by atoms with van der Waals surface area (Å²) < 4.78 is 26.8. The third-order valence-corrected chi connectivity index (χ3v) is 6.45. The van der Waals surface area contributed by atoms with Crippen LogP contribution in [-0.2, 0) is 16.4 Å². The van der Waals surface area contributed by atoms with Crippen molar-refractivity contribution in [2.45, 2.75) is 37.1 Å². The first-order valence-corrected chi connectivity index (χ1v) is 10.5. The number of sulfonamides is 1. The second-order valence-electron chi connectivity index (χ2n) is 4.98. The number of benzene rings is 1. The van der Waals surface area contributed by atoms with Crippen LogP contribution in [0.25, 0.3) is 0 Å². The van der Waals surface area contributed by atoms with Crippen LogP contribution in [0.15, 0.2) is 29.2 Å². The fourth-order valence-corrected chi connectivity index (χ4v) is 4.63. The van der Waals surface area contributed by atoms with Gasteiger partial charge >= 0.3 is 0 Å². The van der Waals surface area contributed by atoms with Gasteiger partial charge in [-0.1, -0.05) is 19.1 Å². The molecule has 1 aromatic rings. The lowest BCUT2D eigenvalue weighted by Crippen LogP contribution is -2.38. The molecule has 21 heavy (non-hydrogen) atoms. The highest BCUT2D eigenvalue weighted by Gasteiger charge is 2.26. The molecule has 1 unspecified atom stereocenters. The minimum atomic E-state index is -3.42. The van der Waals surface area contributed by atoms with Crippen molar-refractivity contribution in [2.75, 3.05) is 24.9 Å². The van der Waals surface area contributed by atoms with Crippen molar-refractivity contribution in [1.29, 1.82) is 0 Å². The van der Waals surface area contributed by atoms with Crippen molar-refractivity contribution in [3.8, 4) is 0 Å². The molecule has 1 aromatic carbocycles. The number of nitrogens with zero attached hydrogens (tertiary/aromatic N) is 1. The van der Waals surface area contributed by atoms with Gasteiger partial charge in [-0.25, -0.2) is 8.42 Å². The molecule has 0 aliphatic rings. The molecule has 0 spiro atoms. The summed E-state index contributed by atoms with van der Waals surface area (Å²) in [5.74, 6) is 1.43. The van der Waals surface area contributed by atoms with Gasteiger partial charge in [0.25, 0.3) is 0 Å². The fraction of sp³-hybridized carbons (Fsp3) is 0.600. The molecule has 0 aromatic heterocycles. The summed E-state index contributed by atoms with van der Waals surface area (Å²) >= 11 is 7.34. The second-order valence-corrected chi connectivity index (χ2v) is 8.26. The van der Waals surface area contributed by atoms with E-state index >= 15 is 0 Å². The predicted octanol–water partition coefficient (Wildman–Crippen LogP) is 3.62. The van der Waals surface area contributed by atoms with E-state index < -0.39 is 10.0 Å². The molecule has 1 rings (SSSR count). The van der Waals surface area contributed by atoms with Crippen molar-refractivity contribution in [3.05, 3.63) is 29.8 Å². The largest absolute Gasteiger partial charge is 0.243 e.